The molecule has 1 saturated carbocycles. The molecule has 1 aliphatic heterocycles. The number of benzene rings is 1. The second-order valence-corrected chi connectivity index (χ2v) is 7.43. The van der Waals surface area contributed by atoms with Gasteiger partial charge in [-0.15, -0.1) is 10.2 Å². The molecule has 1 saturated heterocycles. The van der Waals surface area contributed by atoms with Gasteiger partial charge in [0.2, 0.25) is 11.8 Å². The summed E-state index contributed by atoms with van der Waals surface area (Å²) in [5.74, 6) is 1.61. The number of piperidine rings is 1. The van der Waals surface area contributed by atoms with Gasteiger partial charge in [0.25, 0.3) is 0 Å². The Kier molecular flexibility index (Phi) is 3.83. The lowest BCUT2D eigenvalue weighted by molar-refractivity contribution is 0.352. The van der Waals surface area contributed by atoms with E-state index in [1.54, 1.807) is 18.3 Å². The Balaban J connectivity index is 1.29. The summed E-state index contributed by atoms with van der Waals surface area (Å²) in [6, 6.07) is 8.33. The number of hydrogen-bond donors (Lipinski definition) is 0. The fourth-order valence-corrected chi connectivity index (χ4v) is 4.18. The molecule has 2 fully saturated rings. The van der Waals surface area contributed by atoms with E-state index in [1.807, 2.05) is 0 Å². The van der Waals surface area contributed by atoms with E-state index in [2.05, 4.69) is 31.1 Å². The maximum absolute atomic E-state index is 13.4. The van der Waals surface area contributed by atoms with Crippen molar-refractivity contribution in [2.24, 2.45) is 5.41 Å². The number of halogens is 1. The summed E-state index contributed by atoms with van der Waals surface area (Å²) >= 11 is 0. The van der Waals surface area contributed by atoms with Crippen LogP contribution in [0.25, 0.3) is 11.5 Å². The minimum atomic E-state index is -0.325. The number of anilines is 1. The van der Waals surface area contributed by atoms with Gasteiger partial charge in [-0.05, 0) is 42.9 Å². The highest BCUT2D eigenvalue weighted by Gasteiger charge is 2.58. The quantitative estimate of drug-likeness (QED) is 0.692. The van der Waals surface area contributed by atoms with Crippen LogP contribution in [0.2, 0.25) is 0 Å². The highest BCUT2D eigenvalue weighted by molar-refractivity contribution is 5.53. The topological polar surface area (TPSA) is 91.7 Å². The Hall–Kier alpha value is -3.34. The second-order valence-electron chi connectivity index (χ2n) is 7.43. The number of nitriles is 1. The van der Waals surface area contributed by atoms with Crippen molar-refractivity contribution in [3.8, 4) is 17.5 Å². The van der Waals surface area contributed by atoms with Crippen LogP contribution in [-0.4, -0.2) is 33.3 Å². The molecule has 0 N–H and O–H groups in total. The normalized spacial score (nSPS) is 20.1. The van der Waals surface area contributed by atoms with Gasteiger partial charge in [0, 0.05) is 24.6 Å². The zero-order valence-corrected chi connectivity index (χ0v) is 15.0. The van der Waals surface area contributed by atoms with E-state index in [0.29, 0.717) is 28.7 Å². The molecule has 1 aromatic carbocycles. The molecule has 2 aliphatic rings. The maximum atomic E-state index is 13.4. The Morgan fingerprint density at radius 2 is 2.11 bits per heavy atom. The third-order valence-corrected chi connectivity index (χ3v) is 5.87. The average Bonchev–Trinajstić information content (AvgIpc) is 3.20. The van der Waals surface area contributed by atoms with Crippen LogP contribution < -0.4 is 4.90 Å². The fourth-order valence-electron chi connectivity index (χ4n) is 4.18. The summed E-state index contributed by atoms with van der Waals surface area (Å²) < 4.78 is 19.3. The van der Waals surface area contributed by atoms with Crippen LogP contribution in [0, 0.1) is 22.6 Å². The minimum Gasteiger partial charge on any atom is -0.420 e. The Morgan fingerprint density at radius 1 is 1.25 bits per heavy atom. The first-order valence-corrected chi connectivity index (χ1v) is 9.23. The average molecular weight is 376 g/mol. The zero-order chi connectivity index (χ0) is 19.1. The van der Waals surface area contributed by atoms with Crippen molar-refractivity contribution in [1.29, 1.82) is 5.26 Å². The van der Waals surface area contributed by atoms with Gasteiger partial charge >= 0.3 is 0 Å². The first kappa shape index (κ1) is 16.8. The van der Waals surface area contributed by atoms with Crippen molar-refractivity contribution in [3.63, 3.8) is 0 Å². The highest BCUT2D eigenvalue weighted by atomic mass is 19.1. The van der Waals surface area contributed by atoms with Gasteiger partial charge in [-0.2, -0.15) is 5.26 Å². The van der Waals surface area contributed by atoms with E-state index in [9.17, 15) is 9.65 Å². The summed E-state index contributed by atoms with van der Waals surface area (Å²) in [7, 11) is 0. The fraction of sp³-hybridized carbons (Fsp3) is 0.350. The van der Waals surface area contributed by atoms with E-state index in [4.69, 9.17) is 4.42 Å². The van der Waals surface area contributed by atoms with Crippen LogP contribution in [0.5, 0.6) is 0 Å². The van der Waals surface area contributed by atoms with E-state index < -0.39 is 0 Å². The second kappa shape index (κ2) is 6.37. The van der Waals surface area contributed by atoms with Gasteiger partial charge in [0.05, 0.1) is 6.20 Å². The Morgan fingerprint density at radius 3 is 2.89 bits per heavy atom. The van der Waals surface area contributed by atoms with Crippen molar-refractivity contribution >= 4 is 5.82 Å². The molecule has 1 atom stereocenters. The largest absolute Gasteiger partial charge is 0.420 e. The number of nitrogens with zero attached hydrogens (tertiary/aromatic N) is 6. The zero-order valence-electron chi connectivity index (χ0n) is 15.0. The van der Waals surface area contributed by atoms with Gasteiger partial charge in [-0.1, -0.05) is 6.07 Å². The maximum Gasteiger partial charge on any atom is 0.247 e. The first-order chi connectivity index (χ1) is 13.7. The van der Waals surface area contributed by atoms with Crippen LogP contribution in [0.1, 0.15) is 36.6 Å². The predicted molar refractivity (Wildman–Crippen MR) is 97.7 cm³/mol. The minimum absolute atomic E-state index is 0.169. The molecule has 8 heteroatoms. The third-order valence-electron chi connectivity index (χ3n) is 5.87. The van der Waals surface area contributed by atoms with E-state index in [-0.39, 0.29) is 17.2 Å². The van der Waals surface area contributed by atoms with E-state index in [0.717, 1.165) is 32.4 Å². The summed E-state index contributed by atoms with van der Waals surface area (Å²) in [5.41, 5.74) is 1.26. The molecule has 1 unspecified atom stereocenters. The highest BCUT2D eigenvalue weighted by Crippen LogP contribution is 2.64. The number of aromatic nitrogens is 4. The summed E-state index contributed by atoms with van der Waals surface area (Å²) in [6.07, 6.45) is 6.00. The molecule has 3 aromatic rings. The van der Waals surface area contributed by atoms with Crippen molar-refractivity contribution in [1.82, 2.24) is 20.2 Å². The lowest BCUT2D eigenvalue weighted by Crippen LogP contribution is -2.36. The molecule has 3 heterocycles. The summed E-state index contributed by atoms with van der Waals surface area (Å²) in [6.45, 7) is 1.65. The third kappa shape index (κ3) is 2.80. The number of hydrogen-bond acceptors (Lipinski definition) is 7. The van der Waals surface area contributed by atoms with Gasteiger partial charge in [-0.25, -0.2) is 14.4 Å². The lowest BCUT2D eigenvalue weighted by atomic mass is 9.90. The molecular formula is C20H17FN6O. The molecular weight excluding hydrogens is 359 g/mol. The van der Waals surface area contributed by atoms with Gasteiger partial charge in [0.1, 0.15) is 29.6 Å². The molecule has 0 amide bonds. The smallest absolute Gasteiger partial charge is 0.247 e. The van der Waals surface area contributed by atoms with Crippen LogP contribution in [0.15, 0.2) is 41.2 Å². The number of rotatable bonds is 3. The Bertz CT molecular complexity index is 1070. The van der Waals surface area contributed by atoms with Crippen LogP contribution in [-0.2, 0) is 0 Å². The van der Waals surface area contributed by atoms with Crippen LogP contribution >= 0.6 is 0 Å². The standard InChI is InChI=1S/C20H17FN6O/c21-15-3-1-2-13(8-15)18-25-26-19(28-18)16-9-20(16)4-6-27(7-5-20)17-14(10-22)11-23-12-24-17/h1-3,8,11-12,16H,4-7,9H2. The summed E-state index contributed by atoms with van der Waals surface area (Å²) in [5, 5.41) is 17.6. The lowest BCUT2D eigenvalue weighted by Gasteiger charge is -2.33. The monoisotopic (exact) mass is 376 g/mol. The van der Waals surface area contributed by atoms with Crippen LogP contribution in [0.3, 0.4) is 0 Å². The Labute approximate surface area is 160 Å². The molecule has 1 aliphatic carbocycles. The molecule has 5 rings (SSSR count). The molecule has 0 radical (unpaired) electrons. The van der Waals surface area contributed by atoms with E-state index in [1.165, 1.54) is 18.5 Å². The molecule has 1 spiro atoms. The SMILES string of the molecule is N#Cc1cncnc1N1CCC2(CC1)CC2c1nnc(-c2cccc(F)c2)o1. The predicted octanol–water partition coefficient (Wildman–Crippen LogP) is 3.31. The van der Waals surface area contributed by atoms with Crippen molar-refractivity contribution in [3.05, 3.63) is 54.1 Å². The van der Waals surface area contributed by atoms with E-state index >= 15 is 0 Å². The van der Waals surface area contributed by atoms with Crippen molar-refractivity contribution in [2.75, 3.05) is 18.0 Å². The molecule has 140 valence electrons. The summed E-state index contributed by atoms with van der Waals surface area (Å²) in [4.78, 5) is 10.4. The molecule has 0 bridgehead atoms. The van der Waals surface area contributed by atoms with Gasteiger partial charge < -0.3 is 9.32 Å². The van der Waals surface area contributed by atoms with Crippen molar-refractivity contribution < 1.29 is 8.81 Å². The van der Waals surface area contributed by atoms with Crippen LogP contribution in [0.4, 0.5) is 10.2 Å². The molecule has 28 heavy (non-hydrogen) atoms. The van der Waals surface area contributed by atoms with Gasteiger partial charge in [-0.3, -0.25) is 0 Å². The molecule has 7 nitrogen and oxygen atoms in total. The first-order valence-electron chi connectivity index (χ1n) is 9.23. The van der Waals surface area contributed by atoms with Crippen molar-refractivity contribution in [2.45, 2.75) is 25.2 Å². The molecule has 2 aromatic heterocycles. The van der Waals surface area contributed by atoms with Gasteiger partial charge in [0.15, 0.2) is 0 Å².